The van der Waals surface area contributed by atoms with Gasteiger partial charge in [0.15, 0.2) is 5.96 Å². The Labute approximate surface area is 175 Å². The average molecular weight is 496 g/mol. The molecular formula is C18H33IN4O2S. The molecule has 0 heterocycles. The van der Waals surface area contributed by atoms with E-state index < -0.39 is 15.6 Å². The van der Waals surface area contributed by atoms with Crippen molar-refractivity contribution in [1.29, 1.82) is 0 Å². The van der Waals surface area contributed by atoms with Gasteiger partial charge in [-0.25, -0.2) is 13.1 Å². The molecule has 1 aromatic rings. The predicted molar refractivity (Wildman–Crippen MR) is 121 cm³/mol. The maximum Gasteiger partial charge on any atom is 0.209 e. The number of rotatable bonds is 8. The molecule has 0 aliphatic carbocycles. The molecule has 0 aliphatic rings. The van der Waals surface area contributed by atoms with Crippen LogP contribution in [0.15, 0.2) is 35.3 Å². The van der Waals surface area contributed by atoms with Gasteiger partial charge in [0, 0.05) is 24.0 Å². The van der Waals surface area contributed by atoms with Gasteiger partial charge < -0.3 is 10.6 Å². The van der Waals surface area contributed by atoms with Crippen LogP contribution in [0.3, 0.4) is 0 Å². The van der Waals surface area contributed by atoms with Crippen LogP contribution < -0.4 is 15.4 Å². The minimum absolute atomic E-state index is 0. The number of hydrogen-bond acceptors (Lipinski definition) is 3. The Morgan fingerprint density at radius 3 is 2.15 bits per heavy atom. The van der Waals surface area contributed by atoms with Crippen molar-refractivity contribution < 1.29 is 8.42 Å². The van der Waals surface area contributed by atoms with Crippen molar-refractivity contribution in [3.63, 3.8) is 0 Å². The van der Waals surface area contributed by atoms with Gasteiger partial charge in [0.2, 0.25) is 10.0 Å². The van der Waals surface area contributed by atoms with E-state index in [2.05, 4.69) is 46.3 Å². The minimum Gasteiger partial charge on any atom is -0.357 e. The van der Waals surface area contributed by atoms with Gasteiger partial charge in [-0.15, -0.1) is 24.0 Å². The van der Waals surface area contributed by atoms with E-state index in [9.17, 15) is 8.42 Å². The lowest BCUT2D eigenvalue weighted by atomic mass is 9.85. The van der Waals surface area contributed by atoms with Crippen molar-refractivity contribution in [2.75, 3.05) is 25.9 Å². The summed E-state index contributed by atoms with van der Waals surface area (Å²) in [5.41, 5.74) is 0.542. The van der Waals surface area contributed by atoms with Crippen LogP contribution >= 0.6 is 24.0 Å². The van der Waals surface area contributed by atoms with Crippen LogP contribution in [0.4, 0.5) is 0 Å². The second kappa shape index (κ2) is 10.5. The molecule has 0 aromatic heterocycles. The summed E-state index contributed by atoms with van der Waals surface area (Å²) in [6.07, 6.45) is 1.16. The van der Waals surface area contributed by atoms with Crippen molar-refractivity contribution in [3.05, 3.63) is 35.9 Å². The first-order valence-corrected chi connectivity index (χ1v) is 10.4. The van der Waals surface area contributed by atoms with Crippen LogP contribution in [-0.4, -0.2) is 45.8 Å². The fourth-order valence-electron chi connectivity index (χ4n) is 2.45. The highest BCUT2D eigenvalue weighted by atomic mass is 127. The number of guanidine groups is 1. The number of halogens is 1. The summed E-state index contributed by atoms with van der Waals surface area (Å²) < 4.78 is 25.5. The zero-order valence-electron chi connectivity index (χ0n) is 16.6. The number of nitrogens with zero attached hydrogens (tertiary/aromatic N) is 1. The lowest BCUT2D eigenvalue weighted by Gasteiger charge is -2.27. The number of benzene rings is 1. The SMILES string of the molecule is CCNC(=NCC(C)(C)NS(C)(=O)=O)NCC(C)(C)c1ccccc1.I. The molecule has 1 aromatic carbocycles. The molecule has 8 heteroatoms. The second-order valence-corrected chi connectivity index (χ2v) is 9.31. The molecule has 0 fully saturated rings. The smallest absolute Gasteiger partial charge is 0.209 e. The summed E-state index contributed by atoms with van der Waals surface area (Å²) in [6, 6.07) is 10.3. The Hall–Kier alpha value is -0.870. The quantitative estimate of drug-likeness (QED) is 0.294. The van der Waals surface area contributed by atoms with E-state index in [1.54, 1.807) is 0 Å². The average Bonchev–Trinajstić information content (AvgIpc) is 2.49. The molecule has 0 bridgehead atoms. The fraction of sp³-hybridized carbons (Fsp3) is 0.611. The van der Waals surface area contributed by atoms with Crippen molar-refractivity contribution in [3.8, 4) is 0 Å². The summed E-state index contributed by atoms with van der Waals surface area (Å²) in [6.45, 7) is 11.8. The topological polar surface area (TPSA) is 82.6 Å². The molecule has 3 N–H and O–H groups in total. The molecule has 0 amide bonds. The highest BCUT2D eigenvalue weighted by molar-refractivity contribution is 14.0. The number of nitrogens with one attached hydrogen (secondary N) is 3. The van der Waals surface area contributed by atoms with Crippen LogP contribution in [0.2, 0.25) is 0 Å². The van der Waals surface area contributed by atoms with E-state index in [1.807, 2.05) is 39.0 Å². The largest absolute Gasteiger partial charge is 0.357 e. The Bertz CT molecular complexity index is 674. The van der Waals surface area contributed by atoms with Gasteiger partial charge >= 0.3 is 0 Å². The first-order chi connectivity index (χ1) is 11.5. The molecule has 26 heavy (non-hydrogen) atoms. The first kappa shape index (κ1) is 25.1. The Balaban J connectivity index is 0.00000625. The molecule has 6 nitrogen and oxygen atoms in total. The van der Waals surface area contributed by atoms with Crippen LogP contribution in [0, 0.1) is 0 Å². The standard InChI is InChI=1S/C18H32N4O2S.HI/c1-7-19-16(21-14-18(4,5)22-25(6,23)24)20-13-17(2,3)15-11-9-8-10-12-15;/h8-12,22H,7,13-14H2,1-6H3,(H2,19,20,21);1H. The van der Waals surface area contributed by atoms with Gasteiger partial charge in [-0.05, 0) is 26.3 Å². The maximum atomic E-state index is 11.4. The highest BCUT2D eigenvalue weighted by Gasteiger charge is 2.23. The van der Waals surface area contributed by atoms with Crippen molar-refractivity contribution >= 4 is 40.0 Å². The minimum atomic E-state index is -3.27. The normalized spacial score (nSPS) is 13.1. The number of hydrogen-bond donors (Lipinski definition) is 3. The summed E-state index contributed by atoms with van der Waals surface area (Å²) in [5.74, 6) is 0.676. The third kappa shape index (κ3) is 9.72. The molecule has 150 valence electrons. The van der Waals surface area contributed by atoms with Gasteiger partial charge in [-0.2, -0.15) is 0 Å². The van der Waals surface area contributed by atoms with Crippen molar-refractivity contribution in [1.82, 2.24) is 15.4 Å². The van der Waals surface area contributed by atoms with E-state index in [0.717, 1.165) is 12.8 Å². The lowest BCUT2D eigenvalue weighted by Crippen LogP contribution is -2.47. The summed E-state index contributed by atoms with van der Waals surface area (Å²) >= 11 is 0. The molecule has 0 saturated carbocycles. The van der Waals surface area contributed by atoms with Crippen LogP contribution in [0.1, 0.15) is 40.2 Å². The van der Waals surface area contributed by atoms with E-state index in [-0.39, 0.29) is 29.4 Å². The molecular weight excluding hydrogens is 463 g/mol. The summed E-state index contributed by atoms with van der Waals surface area (Å²) in [4.78, 5) is 4.53. The van der Waals surface area contributed by atoms with Gasteiger partial charge in [-0.1, -0.05) is 44.2 Å². The Morgan fingerprint density at radius 2 is 1.65 bits per heavy atom. The van der Waals surface area contributed by atoms with Crippen molar-refractivity contribution in [2.45, 2.75) is 45.6 Å². The van der Waals surface area contributed by atoms with Gasteiger partial charge in [0.25, 0.3) is 0 Å². The molecule has 1 rings (SSSR count). The molecule has 0 saturated heterocycles. The van der Waals surface area contributed by atoms with Crippen LogP contribution in [0.5, 0.6) is 0 Å². The summed E-state index contributed by atoms with van der Waals surface area (Å²) in [5, 5.41) is 6.56. The Morgan fingerprint density at radius 1 is 1.08 bits per heavy atom. The van der Waals surface area contributed by atoms with E-state index in [1.165, 1.54) is 5.56 Å². The lowest BCUT2D eigenvalue weighted by molar-refractivity contribution is 0.462. The molecule has 0 unspecified atom stereocenters. The molecule has 0 aliphatic heterocycles. The van der Waals surface area contributed by atoms with Crippen LogP contribution in [-0.2, 0) is 15.4 Å². The molecule has 0 spiro atoms. The van der Waals surface area contributed by atoms with E-state index >= 15 is 0 Å². The monoisotopic (exact) mass is 496 g/mol. The highest BCUT2D eigenvalue weighted by Crippen LogP contribution is 2.21. The van der Waals surface area contributed by atoms with Gasteiger partial charge in [0.1, 0.15) is 0 Å². The third-order valence-corrected chi connectivity index (χ3v) is 4.61. The maximum absolute atomic E-state index is 11.4. The Kier molecular flexibility index (Phi) is 10.1. The first-order valence-electron chi connectivity index (χ1n) is 8.52. The summed E-state index contributed by atoms with van der Waals surface area (Å²) in [7, 11) is -3.27. The van der Waals surface area contributed by atoms with Gasteiger partial charge in [-0.3, -0.25) is 4.99 Å². The number of sulfonamides is 1. The zero-order chi connectivity index (χ0) is 19.1. The second-order valence-electron chi connectivity index (χ2n) is 7.56. The van der Waals surface area contributed by atoms with E-state index in [0.29, 0.717) is 19.0 Å². The predicted octanol–water partition coefficient (Wildman–Crippen LogP) is 2.47. The molecule has 0 radical (unpaired) electrons. The number of aliphatic imine (C=N–C) groups is 1. The van der Waals surface area contributed by atoms with Crippen molar-refractivity contribution in [2.24, 2.45) is 4.99 Å². The van der Waals surface area contributed by atoms with E-state index in [4.69, 9.17) is 0 Å². The molecule has 0 atom stereocenters. The zero-order valence-corrected chi connectivity index (χ0v) is 19.7. The van der Waals surface area contributed by atoms with Crippen LogP contribution in [0.25, 0.3) is 0 Å². The fourth-order valence-corrected chi connectivity index (χ4v) is 3.52. The third-order valence-electron chi connectivity index (χ3n) is 3.69. The van der Waals surface area contributed by atoms with Gasteiger partial charge in [0.05, 0.1) is 12.8 Å².